The summed E-state index contributed by atoms with van der Waals surface area (Å²) in [5.41, 5.74) is 5.06. The highest BCUT2D eigenvalue weighted by atomic mass is 19.1. The molecule has 2 unspecified atom stereocenters. The molecule has 1 rings (SSSR count). The van der Waals surface area contributed by atoms with Crippen LogP contribution in [0.1, 0.15) is 13.3 Å². The number of nitrogens with zero attached hydrogens (tertiary/aromatic N) is 3. The summed E-state index contributed by atoms with van der Waals surface area (Å²) < 4.78 is 13.7. The van der Waals surface area contributed by atoms with Gasteiger partial charge in [0.1, 0.15) is 11.9 Å². The number of hydrogen-bond donors (Lipinski definition) is 1. The Morgan fingerprint density at radius 2 is 2.35 bits per heavy atom. The second-order valence-corrected chi connectivity index (χ2v) is 4.16. The van der Waals surface area contributed by atoms with E-state index in [4.69, 9.17) is 5.73 Å². The molecule has 0 radical (unpaired) electrons. The lowest BCUT2D eigenvalue weighted by Gasteiger charge is -2.30. The van der Waals surface area contributed by atoms with Gasteiger partial charge in [0.15, 0.2) is 0 Å². The minimum atomic E-state index is -1.09. The molecule has 6 nitrogen and oxygen atoms in total. The summed E-state index contributed by atoms with van der Waals surface area (Å²) in [6, 6.07) is -0.513. The third-order valence-corrected chi connectivity index (χ3v) is 2.79. The molecule has 1 aliphatic rings. The first-order valence-electron chi connectivity index (χ1n) is 5.39. The van der Waals surface area contributed by atoms with Crippen LogP contribution in [-0.2, 0) is 0 Å². The van der Waals surface area contributed by atoms with Gasteiger partial charge in [-0.05, 0) is 20.4 Å². The molecule has 96 valence electrons. The predicted molar refractivity (Wildman–Crippen MR) is 63.2 cm³/mol. The molecule has 0 amide bonds. The molecule has 0 aliphatic carbocycles. The zero-order valence-corrected chi connectivity index (χ0v) is 9.97. The van der Waals surface area contributed by atoms with Gasteiger partial charge in [0.2, 0.25) is 0 Å². The highest BCUT2D eigenvalue weighted by Crippen LogP contribution is 2.17. The van der Waals surface area contributed by atoms with E-state index in [0.29, 0.717) is 13.0 Å². The smallest absolute Gasteiger partial charge is 0.305 e. The van der Waals surface area contributed by atoms with Crippen molar-refractivity contribution in [3.63, 3.8) is 0 Å². The summed E-state index contributed by atoms with van der Waals surface area (Å²) in [7, 11) is 1.83. The minimum absolute atomic E-state index is 0.176. The number of hydrogen-bond acceptors (Lipinski definition) is 5. The third kappa shape index (κ3) is 3.48. The van der Waals surface area contributed by atoms with Crippen LogP contribution in [0, 0.1) is 10.1 Å². The number of nitro groups is 1. The molecule has 1 saturated heterocycles. The summed E-state index contributed by atoms with van der Waals surface area (Å²) in [6.07, 6.45) is 0.362. The Morgan fingerprint density at radius 1 is 1.71 bits per heavy atom. The van der Waals surface area contributed by atoms with Gasteiger partial charge < -0.3 is 10.6 Å². The van der Waals surface area contributed by atoms with Crippen LogP contribution in [0.2, 0.25) is 0 Å². The quantitative estimate of drug-likeness (QED) is 0.446. The number of nitrogens with two attached hydrogens (primary N) is 1. The Bertz CT molecular complexity index is 356. The van der Waals surface area contributed by atoms with Gasteiger partial charge in [0, 0.05) is 13.1 Å². The molecule has 1 heterocycles. The van der Waals surface area contributed by atoms with Crippen molar-refractivity contribution in [1.82, 2.24) is 4.90 Å². The normalized spacial score (nSPS) is 28.2. The van der Waals surface area contributed by atoms with E-state index in [0.717, 1.165) is 12.7 Å². The fourth-order valence-electron chi connectivity index (χ4n) is 1.82. The number of rotatable bonds is 3. The molecule has 2 N–H and O–H groups in total. The van der Waals surface area contributed by atoms with Crippen LogP contribution in [0.4, 0.5) is 4.39 Å². The van der Waals surface area contributed by atoms with Crippen molar-refractivity contribution in [1.29, 1.82) is 0 Å². The highest BCUT2D eigenvalue weighted by molar-refractivity contribution is 5.96. The lowest BCUT2D eigenvalue weighted by Crippen LogP contribution is -2.42. The summed E-state index contributed by atoms with van der Waals surface area (Å²) >= 11 is 0. The minimum Gasteiger partial charge on any atom is -0.399 e. The van der Waals surface area contributed by atoms with Crippen molar-refractivity contribution in [2.24, 2.45) is 10.7 Å². The first-order chi connectivity index (χ1) is 7.95. The van der Waals surface area contributed by atoms with Gasteiger partial charge in [-0.3, -0.25) is 15.1 Å². The molecule has 0 bridgehead atoms. The van der Waals surface area contributed by atoms with Crippen molar-refractivity contribution in [2.75, 3.05) is 20.1 Å². The van der Waals surface area contributed by atoms with E-state index in [1.807, 2.05) is 11.9 Å². The molecule has 17 heavy (non-hydrogen) atoms. The van der Waals surface area contributed by atoms with Gasteiger partial charge in [-0.1, -0.05) is 0 Å². The average molecular weight is 244 g/mol. The summed E-state index contributed by atoms with van der Waals surface area (Å²) in [5, 5.41) is 10.6. The van der Waals surface area contributed by atoms with E-state index in [-0.39, 0.29) is 11.4 Å². The second-order valence-electron chi connectivity index (χ2n) is 4.16. The summed E-state index contributed by atoms with van der Waals surface area (Å²) in [4.78, 5) is 16.0. The molecule has 0 aromatic heterocycles. The van der Waals surface area contributed by atoms with E-state index < -0.39 is 17.1 Å². The van der Waals surface area contributed by atoms with Crippen molar-refractivity contribution in [3.8, 4) is 0 Å². The molecule has 0 aromatic carbocycles. The zero-order chi connectivity index (χ0) is 13.0. The SMILES string of the molecule is CC(=NC1CCN(C)CC1F)C(=CN)[N+](=O)[O-]. The van der Waals surface area contributed by atoms with Crippen LogP contribution in [0.3, 0.4) is 0 Å². The molecule has 0 saturated carbocycles. The van der Waals surface area contributed by atoms with Crippen molar-refractivity contribution in [3.05, 3.63) is 22.0 Å². The molecule has 2 atom stereocenters. The Balaban J connectivity index is 2.78. The third-order valence-electron chi connectivity index (χ3n) is 2.79. The van der Waals surface area contributed by atoms with Gasteiger partial charge in [-0.25, -0.2) is 4.39 Å². The highest BCUT2D eigenvalue weighted by Gasteiger charge is 2.28. The molecular weight excluding hydrogens is 227 g/mol. The van der Waals surface area contributed by atoms with Crippen LogP contribution in [0.15, 0.2) is 16.9 Å². The number of halogens is 1. The number of alkyl halides is 1. The molecule has 1 aliphatic heterocycles. The first-order valence-corrected chi connectivity index (χ1v) is 5.39. The molecule has 7 heteroatoms. The van der Waals surface area contributed by atoms with Crippen LogP contribution < -0.4 is 5.73 Å². The topological polar surface area (TPSA) is 84.8 Å². The maximum absolute atomic E-state index is 13.7. The van der Waals surface area contributed by atoms with Gasteiger partial charge in [0.25, 0.3) is 0 Å². The largest absolute Gasteiger partial charge is 0.399 e. The predicted octanol–water partition coefficient (Wildman–Crippen LogP) is 0.566. The van der Waals surface area contributed by atoms with Crippen LogP contribution in [0.25, 0.3) is 0 Å². The maximum atomic E-state index is 13.7. The monoisotopic (exact) mass is 244 g/mol. The lowest BCUT2D eigenvalue weighted by atomic mass is 10.0. The maximum Gasteiger partial charge on any atom is 0.305 e. The summed E-state index contributed by atoms with van der Waals surface area (Å²) in [6.45, 7) is 2.52. The lowest BCUT2D eigenvalue weighted by molar-refractivity contribution is -0.415. The molecule has 1 fully saturated rings. The van der Waals surface area contributed by atoms with Crippen LogP contribution in [0.5, 0.6) is 0 Å². The first kappa shape index (κ1) is 13.6. The van der Waals surface area contributed by atoms with E-state index in [1.54, 1.807) is 0 Å². The Hall–Kier alpha value is -1.50. The van der Waals surface area contributed by atoms with Crippen molar-refractivity contribution >= 4 is 5.71 Å². The molecule has 0 aromatic rings. The van der Waals surface area contributed by atoms with Gasteiger partial charge in [0.05, 0.1) is 17.2 Å². The average Bonchev–Trinajstić information content (AvgIpc) is 2.22. The van der Waals surface area contributed by atoms with Gasteiger partial charge in [-0.2, -0.15) is 0 Å². The molecule has 0 spiro atoms. The Labute approximate surface area is 99.1 Å². The fraction of sp³-hybridized carbons (Fsp3) is 0.700. The summed E-state index contributed by atoms with van der Waals surface area (Å²) in [5.74, 6) is 0. The number of aliphatic imine (C=N–C) groups is 1. The van der Waals surface area contributed by atoms with Crippen LogP contribution in [-0.4, -0.2) is 47.9 Å². The fourth-order valence-corrected chi connectivity index (χ4v) is 1.82. The Morgan fingerprint density at radius 3 is 2.82 bits per heavy atom. The van der Waals surface area contributed by atoms with Crippen LogP contribution >= 0.6 is 0 Å². The van der Waals surface area contributed by atoms with E-state index in [1.165, 1.54) is 6.92 Å². The number of likely N-dealkylation sites (tertiary alicyclic amines) is 1. The van der Waals surface area contributed by atoms with Gasteiger partial charge >= 0.3 is 5.70 Å². The van der Waals surface area contributed by atoms with E-state index >= 15 is 0 Å². The van der Waals surface area contributed by atoms with E-state index in [2.05, 4.69) is 4.99 Å². The molecular formula is C10H17FN4O2. The number of piperidine rings is 1. The van der Waals surface area contributed by atoms with Crippen molar-refractivity contribution in [2.45, 2.75) is 25.6 Å². The van der Waals surface area contributed by atoms with Gasteiger partial charge in [-0.15, -0.1) is 0 Å². The van der Waals surface area contributed by atoms with E-state index in [9.17, 15) is 14.5 Å². The zero-order valence-electron chi connectivity index (χ0n) is 9.97. The second kappa shape index (κ2) is 5.72. The Kier molecular flexibility index (Phi) is 4.56. The van der Waals surface area contributed by atoms with Crippen molar-refractivity contribution < 1.29 is 9.31 Å². The number of allylic oxidation sites excluding steroid dienone is 1. The standard InChI is InChI=1S/C10H17FN4O2/c1-7(10(5-12)15(16)17)13-9-3-4-14(2)6-8(9)11/h5,8-9H,3-4,6,12H2,1-2H3.